The van der Waals surface area contributed by atoms with E-state index >= 15 is 0 Å². The number of carbonyl (C=O) groups excluding carboxylic acids is 2. The average Bonchev–Trinajstić information content (AvgIpc) is 3.44. The largest absolute Gasteiger partial charge is 0.352 e. The maximum atomic E-state index is 13.2. The van der Waals surface area contributed by atoms with Gasteiger partial charge in [-0.3, -0.25) is 9.59 Å². The first-order valence-corrected chi connectivity index (χ1v) is 14.4. The Kier molecular flexibility index (Phi) is 7.80. The van der Waals surface area contributed by atoms with Gasteiger partial charge in [0.25, 0.3) is 5.91 Å². The van der Waals surface area contributed by atoms with Crippen molar-refractivity contribution in [3.8, 4) is 0 Å². The van der Waals surface area contributed by atoms with Gasteiger partial charge in [-0.05, 0) is 96.3 Å². The fourth-order valence-corrected chi connectivity index (χ4v) is 6.20. The zero-order valence-corrected chi connectivity index (χ0v) is 24.1. The lowest BCUT2D eigenvalue weighted by Crippen LogP contribution is -2.45. The summed E-state index contributed by atoms with van der Waals surface area (Å²) in [6, 6.07) is 6.06. The molecule has 5 rings (SSSR count). The van der Waals surface area contributed by atoms with Gasteiger partial charge in [-0.2, -0.15) is 4.98 Å². The molecule has 1 aromatic carbocycles. The lowest BCUT2D eigenvalue weighted by atomic mass is 9.91. The van der Waals surface area contributed by atoms with Crippen molar-refractivity contribution >= 4 is 35.0 Å². The topological polar surface area (TPSA) is 93.7 Å². The van der Waals surface area contributed by atoms with Crippen molar-refractivity contribution in [2.24, 2.45) is 11.3 Å². The third-order valence-electron chi connectivity index (χ3n) is 8.72. The second kappa shape index (κ2) is 11.1. The SMILES string of the molecule is Cc1cc(C(=O)NCC2CCN(C)CC2)ccc1Nc1ncc2c(n1)N(C1CCCC1)CC(C)(C)C(=O)N2C. The van der Waals surface area contributed by atoms with Gasteiger partial charge in [0.2, 0.25) is 11.9 Å². The third kappa shape index (κ3) is 5.88. The van der Waals surface area contributed by atoms with Crippen molar-refractivity contribution in [2.75, 3.05) is 55.4 Å². The minimum absolute atomic E-state index is 0.0348. The Morgan fingerprint density at radius 3 is 2.51 bits per heavy atom. The van der Waals surface area contributed by atoms with Crippen LogP contribution < -0.4 is 20.4 Å². The first-order chi connectivity index (χ1) is 18.6. The molecule has 2 aromatic rings. The molecular weight excluding hydrogens is 490 g/mol. The van der Waals surface area contributed by atoms with Crippen molar-refractivity contribution in [3.05, 3.63) is 35.5 Å². The molecule has 0 unspecified atom stereocenters. The first kappa shape index (κ1) is 27.4. The lowest BCUT2D eigenvalue weighted by molar-refractivity contribution is -0.125. The van der Waals surface area contributed by atoms with Crippen LogP contribution in [0.2, 0.25) is 0 Å². The molecule has 2 fully saturated rings. The Balaban J connectivity index is 1.32. The van der Waals surface area contributed by atoms with Crippen molar-refractivity contribution in [3.63, 3.8) is 0 Å². The average molecular weight is 534 g/mol. The molecule has 2 N–H and O–H groups in total. The summed E-state index contributed by atoms with van der Waals surface area (Å²) in [5, 5.41) is 6.49. The van der Waals surface area contributed by atoms with Crippen LogP contribution in [0.5, 0.6) is 0 Å². The van der Waals surface area contributed by atoms with E-state index in [1.807, 2.05) is 46.0 Å². The van der Waals surface area contributed by atoms with Crippen LogP contribution in [0.4, 0.5) is 23.1 Å². The lowest BCUT2D eigenvalue weighted by Gasteiger charge is -2.34. The van der Waals surface area contributed by atoms with E-state index in [4.69, 9.17) is 4.98 Å². The minimum atomic E-state index is -0.522. The third-order valence-corrected chi connectivity index (χ3v) is 8.72. The smallest absolute Gasteiger partial charge is 0.251 e. The first-order valence-electron chi connectivity index (χ1n) is 14.4. The van der Waals surface area contributed by atoms with Gasteiger partial charge in [0.1, 0.15) is 5.69 Å². The summed E-state index contributed by atoms with van der Waals surface area (Å²) in [6.45, 7) is 9.55. The van der Waals surface area contributed by atoms with E-state index in [1.54, 1.807) is 11.1 Å². The predicted molar refractivity (Wildman–Crippen MR) is 156 cm³/mol. The second-order valence-electron chi connectivity index (χ2n) is 12.3. The van der Waals surface area contributed by atoms with Gasteiger partial charge in [0.05, 0.1) is 11.6 Å². The number of hydrogen-bond donors (Lipinski definition) is 2. The number of piperidine rings is 1. The molecule has 210 valence electrons. The Labute approximate surface area is 232 Å². The van der Waals surface area contributed by atoms with Gasteiger partial charge in [-0.25, -0.2) is 4.98 Å². The molecule has 1 aromatic heterocycles. The molecule has 2 aliphatic heterocycles. The van der Waals surface area contributed by atoms with E-state index in [1.165, 1.54) is 12.8 Å². The van der Waals surface area contributed by atoms with Crippen LogP contribution in [0, 0.1) is 18.3 Å². The summed E-state index contributed by atoms with van der Waals surface area (Å²) < 4.78 is 0. The van der Waals surface area contributed by atoms with E-state index in [-0.39, 0.29) is 11.8 Å². The van der Waals surface area contributed by atoms with Crippen LogP contribution in [0.25, 0.3) is 0 Å². The van der Waals surface area contributed by atoms with E-state index in [0.29, 0.717) is 30.0 Å². The number of likely N-dealkylation sites (tertiary alicyclic amines) is 1. The molecule has 1 aliphatic carbocycles. The Morgan fingerprint density at radius 1 is 1.10 bits per heavy atom. The van der Waals surface area contributed by atoms with Crippen LogP contribution in [0.3, 0.4) is 0 Å². The van der Waals surface area contributed by atoms with E-state index in [2.05, 4.69) is 32.5 Å². The number of hydrogen-bond acceptors (Lipinski definition) is 7. The van der Waals surface area contributed by atoms with E-state index in [0.717, 1.165) is 68.1 Å². The molecule has 1 saturated carbocycles. The van der Waals surface area contributed by atoms with Crippen LogP contribution in [-0.4, -0.2) is 73.0 Å². The van der Waals surface area contributed by atoms with Crippen LogP contribution in [-0.2, 0) is 4.79 Å². The fourth-order valence-electron chi connectivity index (χ4n) is 6.20. The number of nitrogens with zero attached hydrogens (tertiary/aromatic N) is 5. The van der Waals surface area contributed by atoms with Gasteiger partial charge in [-0.1, -0.05) is 12.8 Å². The van der Waals surface area contributed by atoms with Crippen molar-refractivity contribution < 1.29 is 9.59 Å². The number of nitrogens with one attached hydrogen (secondary N) is 2. The molecule has 9 heteroatoms. The normalized spacial score (nSPS) is 20.6. The van der Waals surface area contributed by atoms with Crippen molar-refractivity contribution in [2.45, 2.75) is 65.3 Å². The number of fused-ring (bicyclic) bond motifs is 1. The van der Waals surface area contributed by atoms with Gasteiger partial charge in [-0.15, -0.1) is 0 Å². The number of benzene rings is 1. The Hall–Kier alpha value is -3.20. The molecule has 2 amide bonds. The highest BCUT2D eigenvalue weighted by Crippen LogP contribution is 2.40. The summed E-state index contributed by atoms with van der Waals surface area (Å²) in [5.41, 5.74) is 2.68. The van der Waals surface area contributed by atoms with Crippen LogP contribution in [0.15, 0.2) is 24.4 Å². The molecule has 1 saturated heterocycles. The molecule has 0 spiro atoms. The maximum Gasteiger partial charge on any atom is 0.251 e. The van der Waals surface area contributed by atoms with Crippen molar-refractivity contribution in [1.82, 2.24) is 20.2 Å². The molecule has 39 heavy (non-hydrogen) atoms. The highest BCUT2D eigenvalue weighted by Gasteiger charge is 2.41. The summed E-state index contributed by atoms with van der Waals surface area (Å²) in [5.74, 6) is 1.88. The summed E-state index contributed by atoms with van der Waals surface area (Å²) in [6.07, 6.45) is 8.63. The summed E-state index contributed by atoms with van der Waals surface area (Å²) in [7, 11) is 3.97. The molecule has 3 aliphatic rings. The van der Waals surface area contributed by atoms with E-state index < -0.39 is 5.41 Å². The summed E-state index contributed by atoms with van der Waals surface area (Å²) in [4.78, 5) is 42.0. The van der Waals surface area contributed by atoms with Gasteiger partial charge in [0, 0.05) is 37.4 Å². The quantitative estimate of drug-likeness (QED) is 0.570. The number of aromatic nitrogens is 2. The zero-order chi connectivity index (χ0) is 27.7. The predicted octanol–water partition coefficient (Wildman–Crippen LogP) is 4.35. The molecule has 9 nitrogen and oxygen atoms in total. The standard InChI is InChI=1S/C30H43N7O2/c1-20-16-22(27(38)31-17-21-12-14-35(4)15-13-21)10-11-24(20)33-29-32-18-25-26(34-29)37(23-8-6-7-9-23)19-30(2,3)28(39)36(25)5/h10-11,16,18,21,23H,6-9,12-15,17,19H2,1-5H3,(H,31,38)(H,32,33,34). The number of carbonyl (C=O) groups is 2. The van der Waals surface area contributed by atoms with E-state index in [9.17, 15) is 9.59 Å². The molecule has 3 heterocycles. The van der Waals surface area contributed by atoms with Crippen LogP contribution in [0.1, 0.15) is 68.3 Å². The highest BCUT2D eigenvalue weighted by molar-refractivity contribution is 6.01. The number of amides is 2. The zero-order valence-electron chi connectivity index (χ0n) is 24.1. The Morgan fingerprint density at radius 2 is 1.82 bits per heavy atom. The molecule has 0 atom stereocenters. The molecular formula is C30H43N7O2. The monoisotopic (exact) mass is 533 g/mol. The summed E-state index contributed by atoms with van der Waals surface area (Å²) >= 11 is 0. The Bertz CT molecular complexity index is 1220. The molecule has 0 radical (unpaired) electrons. The number of anilines is 4. The van der Waals surface area contributed by atoms with Crippen LogP contribution >= 0.6 is 0 Å². The number of rotatable bonds is 6. The van der Waals surface area contributed by atoms with Gasteiger partial charge < -0.3 is 25.3 Å². The van der Waals surface area contributed by atoms with Crippen molar-refractivity contribution in [1.29, 1.82) is 0 Å². The minimum Gasteiger partial charge on any atom is -0.352 e. The number of aryl methyl sites for hydroxylation is 1. The maximum absolute atomic E-state index is 13.2. The highest BCUT2D eigenvalue weighted by atomic mass is 16.2. The van der Waals surface area contributed by atoms with Gasteiger partial charge >= 0.3 is 0 Å². The van der Waals surface area contributed by atoms with Gasteiger partial charge in [0.15, 0.2) is 5.82 Å². The fraction of sp³-hybridized carbons (Fsp3) is 0.600. The second-order valence-corrected chi connectivity index (χ2v) is 12.3. The molecule has 0 bridgehead atoms.